The fourth-order valence-electron chi connectivity index (χ4n) is 4.25. The van der Waals surface area contributed by atoms with Gasteiger partial charge in [0.05, 0.1) is 0 Å². The Hall–Kier alpha value is -2.31. The van der Waals surface area contributed by atoms with Crippen LogP contribution in [0.15, 0.2) is 24.0 Å². The first-order valence-electron chi connectivity index (χ1n) is 11.2. The smallest absolute Gasteiger partial charge is 0.364 e. The number of nitrogens with zero attached hydrogens (tertiary/aromatic N) is 1. The molecule has 0 aromatic carbocycles. The molecule has 5 atom stereocenters. The highest BCUT2D eigenvalue weighted by molar-refractivity contribution is 8.76. The van der Waals surface area contributed by atoms with Gasteiger partial charge in [0.15, 0.2) is 6.04 Å². The monoisotopic (exact) mass is 511 g/mol. The van der Waals surface area contributed by atoms with Crippen molar-refractivity contribution in [3.63, 3.8) is 0 Å². The van der Waals surface area contributed by atoms with Crippen LogP contribution in [0.2, 0.25) is 0 Å². The van der Waals surface area contributed by atoms with Gasteiger partial charge < -0.3 is 20.7 Å². The molecule has 3 rings (SSSR count). The molecule has 34 heavy (non-hydrogen) atoms. The minimum Gasteiger partial charge on any atom is -0.442 e. The topological polar surface area (TPSA) is 131 Å². The summed E-state index contributed by atoms with van der Waals surface area (Å²) in [5.41, 5.74) is -0.0461. The number of carbonyl (C=O) groups excluding carboxylic acids is 5. The van der Waals surface area contributed by atoms with Crippen molar-refractivity contribution < 1.29 is 33.2 Å². The highest BCUT2D eigenvalue weighted by atomic mass is 33.1. The molecule has 0 radical (unpaired) electrons. The zero-order valence-electron chi connectivity index (χ0n) is 19.8. The number of hydrogen-bond acceptors (Lipinski definition) is 8. The van der Waals surface area contributed by atoms with Crippen LogP contribution in [0.1, 0.15) is 34.6 Å². The summed E-state index contributed by atoms with van der Waals surface area (Å²) in [5.74, 6) is -2.99. The predicted octanol–water partition coefficient (Wildman–Crippen LogP) is 0.805. The minimum atomic E-state index is -1.19. The van der Waals surface area contributed by atoms with Gasteiger partial charge in [0.1, 0.15) is 29.9 Å². The van der Waals surface area contributed by atoms with E-state index in [-0.39, 0.29) is 33.6 Å². The fraction of sp³-hybridized carbons (Fsp3) is 0.591. The van der Waals surface area contributed by atoms with Gasteiger partial charge in [-0.2, -0.15) is 0 Å². The van der Waals surface area contributed by atoms with E-state index in [9.17, 15) is 24.0 Å². The van der Waals surface area contributed by atoms with Gasteiger partial charge in [0.2, 0.25) is 12.0 Å². The van der Waals surface area contributed by atoms with Gasteiger partial charge in [-0.3, -0.25) is 14.4 Å². The van der Waals surface area contributed by atoms with Crippen LogP contribution in [-0.4, -0.2) is 69.9 Å². The molecule has 0 aliphatic carbocycles. The van der Waals surface area contributed by atoms with Crippen molar-refractivity contribution in [2.24, 2.45) is 11.8 Å². The highest BCUT2D eigenvalue weighted by Crippen LogP contribution is 2.37. The highest BCUT2D eigenvalue weighted by Gasteiger charge is 2.56. The van der Waals surface area contributed by atoms with Crippen molar-refractivity contribution in [1.29, 1.82) is 0 Å². The van der Waals surface area contributed by atoms with E-state index in [0.717, 1.165) is 0 Å². The number of carbonyl (C=O) groups is 5. The first kappa shape index (κ1) is 26.3. The van der Waals surface area contributed by atoms with Gasteiger partial charge in [-0.25, -0.2) is 14.1 Å². The molecule has 10 nitrogen and oxygen atoms in total. The average Bonchev–Trinajstić information content (AvgIpc) is 3.09. The number of esters is 1. The standard InChI is InChI=1S/C22H30N4O6S2/c1-6-13-18(27)25-16(11(2)3)22(31)32-15-7-8-26(21(15)30)10-34-33-9-14(19(28)23-13)24-20(29)17(26)12(4)5/h6-8,11-12,14-17H,9-10H2,1-5H3,(H2-,23,24,25,27,28,29)/p+1/b13-6+/t14?,15-,16?,17+,26?/m1/s1. The largest absolute Gasteiger partial charge is 0.442 e. The van der Waals surface area contributed by atoms with Crippen LogP contribution in [-0.2, 0) is 28.7 Å². The number of nitrogens with one attached hydrogen (secondary N) is 3. The van der Waals surface area contributed by atoms with E-state index in [1.165, 1.54) is 33.7 Å². The molecule has 4 amide bonds. The molecule has 1 spiro atoms. The molecule has 0 aromatic rings. The summed E-state index contributed by atoms with van der Waals surface area (Å²) in [6.07, 6.45) is 3.35. The van der Waals surface area contributed by atoms with Crippen molar-refractivity contribution >= 4 is 51.2 Å². The van der Waals surface area contributed by atoms with Crippen molar-refractivity contribution in [3.8, 4) is 0 Å². The van der Waals surface area contributed by atoms with Crippen molar-refractivity contribution in [1.82, 2.24) is 16.0 Å². The van der Waals surface area contributed by atoms with Crippen molar-refractivity contribution in [2.75, 3.05) is 11.6 Å². The SMILES string of the molecule is C/C=C1/NC(=O)C2CSSC[N+]3(C=C[C@@H](OC(=O)C(C(C)C)NC1=O)C3=O)[C@@H](C(C)C)C(=O)N2. The number of hydrogen-bond donors (Lipinski definition) is 3. The summed E-state index contributed by atoms with van der Waals surface area (Å²) in [5, 5.41) is 7.95. The first-order valence-corrected chi connectivity index (χ1v) is 13.6. The summed E-state index contributed by atoms with van der Waals surface area (Å²) in [4.78, 5) is 66.0. The van der Waals surface area contributed by atoms with Crippen molar-refractivity contribution in [3.05, 3.63) is 24.0 Å². The number of rotatable bonds is 2. The predicted molar refractivity (Wildman–Crippen MR) is 128 cm³/mol. The maximum atomic E-state index is 13.7. The Morgan fingerprint density at radius 1 is 1.03 bits per heavy atom. The molecule has 0 saturated carbocycles. The van der Waals surface area contributed by atoms with Crippen LogP contribution in [0.25, 0.3) is 0 Å². The number of amides is 4. The zero-order chi connectivity index (χ0) is 25.2. The summed E-state index contributed by atoms with van der Waals surface area (Å²) in [6.45, 7) is 8.72. The second kappa shape index (κ2) is 10.5. The Kier molecular flexibility index (Phi) is 8.14. The second-order valence-corrected chi connectivity index (χ2v) is 11.6. The third kappa shape index (κ3) is 5.03. The Morgan fingerprint density at radius 3 is 2.35 bits per heavy atom. The van der Waals surface area contributed by atoms with Gasteiger partial charge >= 0.3 is 11.9 Å². The lowest BCUT2D eigenvalue weighted by Crippen LogP contribution is -2.64. The lowest BCUT2D eigenvalue weighted by atomic mass is 9.99. The van der Waals surface area contributed by atoms with Crippen LogP contribution in [0.5, 0.6) is 0 Å². The third-order valence-corrected chi connectivity index (χ3v) is 8.43. The molecule has 3 N–H and O–H groups in total. The van der Waals surface area contributed by atoms with E-state index in [2.05, 4.69) is 16.0 Å². The molecular weight excluding hydrogens is 480 g/mol. The first-order chi connectivity index (χ1) is 16.0. The molecule has 3 unspecified atom stereocenters. The zero-order valence-corrected chi connectivity index (χ0v) is 21.5. The van der Waals surface area contributed by atoms with Gasteiger partial charge in [0.25, 0.3) is 11.8 Å². The van der Waals surface area contributed by atoms with Crippen LogP contribution >= 0.6 is 21.6 Å². The summed E-state index contributed by atoms with van der Waals surface area (Å²) in [7, 11) is 2.71. The minimum absolute atomic E-state index is 0.0461. The maximum absolute atomic E-state index is 13.7. The van der Waals surface area contributed by atoms with Crippen LogP contribution in [0, 0.1) is 11.8 Å². The van der Waals surface area contributed by atoms with Crippen LogP contribution < -0.4 is 16.0 Å². The number of ether oxygens (including phenoxy) is 1. The molecule has 3 bridgehead atoms. The molecule has 3 heterocycles. The molecule has 0 aromatic heterocycles. The van der Waals surface area contributed by atoms with Crippen LogP contribution in [0.3, 0.4) is 0 Å². The molecule has 186 valence electrons. The summed E-state index contributed by atoms with van der Waals surface area (Å²) >= 11 is 0. The Morgan fingerprint density at radius 2 is 1.74 bits per heavy atom. The van der Waals surface area contributed by atoms with Gasteiger partial charge in [0, 0.05) is 17.7 Å². The van der Waals surface area contributed by atoms with Gasteiger partial charge in [-0.15, -0.1) is 0 Å². The van der Waals surface area contributed by atoms with E-state index < -0.39 is 53.8 Å². The average molecular weight is 512 g/mol. The molecule has 2 saturated heterocycles. The molecule has 3 aliphatic heterocycles. The van der Waals surface area contributed by atoms with E-state index in [1.54, 1.807) is 27.0 Å². The molecular formula is C22H31N4O6S2+. The Bertz CT molecular complexity index is 950. The Labute approximate surface area is 206 Å². The lowest BCUT2D eigenvalue weighted by molar-refractivity contribution is -0.808. The fourth-order valence-corrected chi connectivity index (χ4v) is 6.78. The number of allylic oxidation sites excluding steroid dienone is 1. The number of quaternary nitrogens is 1. The van der Waals surface area contributed by atoms with Gasteiger partial charge in [-0.1, -0.05) is 44.6 Å². The normalized spacial score (nSPS) is 34.2. The molecule has 3 aliphatic rings. The molecule has 12 heteroatoms. The summed E-state index contributed by atoms with van der Waals surface area (Å²) in [6, 6.07) is -2.79. The summed E-state index contributed by atoms with van der Waals surface area (Å²) < 4.78 is 5.23. The van der Waals surface area contributed by atoms with E-state index >= 15 is 0 Å². The van der Waals surface area contributed by atoms with E-state index in [1.807, 2.05) is 13.8 Å². The third-order valence-electron chi connectivity index (χ3n) is 6.04. The lowest BCUT2D eigenvalue weighted by Gasteiger charge is -2.37. The van der Waals surface area contributed by atoms with E-state index in [4.69, 9.17) is 4.74 Å². The van der Waals surface area contributed by atoms with Gasteiger partial charge in [-0.05, 0) is 23.6 Å². The van der Waals surface area contributed by atoms with Crippen LogP contribution in [0.4, 0.5) is 0 Å². The second-order valence-electron chi connectivity index (χ2n) is 9.14. The molecule has 2 fully saturated rings. The Balaban J connectivity index is 2.11. The van der Waals surface area contributed by atoms with E-state index in [0.29, 0.717) is 0 Å². The number of fused-ring (bicyclic) bond motifs is 4. The van der Waals surface area contributed by atoms with Crippen molar-refractivity contribution in [2.45, 2.75) is 58.8 Å². The maximum Gasteiger partial charge on any atom is 0.364 e. The quantitative estimate of drug-likeness (QED) is 0.215.